The van der Waals surface area contributed by atoms with E-state index in [1.165, 1.54) is 6.07 Å². The summed E-state index contributed by atoms with van der Waals surface area (Å²) in [5, 5.41) is 0. The molecule has 1 fully saturated rings. The van der Waals surface area contributed by atoms with Crippen LogP contribution in [0, 0.1) is 11.7 Å². The molecule has 0 aliphatic carbocycles. The van der Waals surface area contributed by atoms with E-state index in [1.807, 2.05) is 24.8 Å². The molecule has 0 bridgehead atoms. The number of carbonyl (C=O) groups is 1. The summed E-state index contributed by atoms with van der Waals surface area (Å²) in [4.78, 5) is 19.4. The maximum atomic E-state index is 13.7. The zero-order valence-corrected chi connectivity index (χ0v) is 16.7. The minimum atomic E-state index is -0.363. The second kappa shape index (κ2) is 8.23. The van der Waals surface area contributed by atoms with E-state index >= 15 is 0 Å². The first-order valence-electron chi connectivity index (χ1n) is 10.1. The van der Waals surface area contributed by atoms with Gasteiger partial charge in [-0.1, -0.05) is 26.0 Å². The quantitative estimate of drug-likeness (QED) is 0.608. The number of amides is 1. The van der Waals surface area contributed by atoms with Crippen LogP contribution in [0.25, 0.3) is 11.1 Å². The first-order chi connectivity index (χ1) is 14.0. The molecule has 2 heterocycles. The third-order valence-electron chi connectivity index (χ3n) is 5.26. The molecule has 0 N–H and O–H groups in total. The van der Waals surface area contributed by atoms with Crippen LogP contribution >= 0.6 is 0 Å². The number of oxazole rings is 1. The van der Waals surface area contributed by atoms with E-state index in [9.17, 15) is 9.18 Å². The topological polar surface area (TPSA) is 55.6 Å². The SMILES string of the molecule is CC(C)c1nc2cc(C(=O)N3CCC[C@@H](COc4ccccc4F)C3)ccc2o1. The summed E-state index contributed by atoms with van der Waals surface area (Å²) < 4.78 is 25.1. The minimum absolute atomic E-state index is 0.0170. The van der Waals surface area contributed by atoms with Crippen molar-refractivity contribution in [1.82, 2.24) is 9.88 Å². The van der Waals surface area contributed by atoms with E-state index in [0.29, 0.717) is 42.3 Å². The Morgan fingerprint density at radius 2 is 2.14 bits per heavy atom. The molecule has 152 valence electrons. The summed E-state index contributed by atoms with van der Waals surface area (Å²) in [5.74, 6) is 0.922. The Hall–Kier alpha value is -2.89. The Morgan fingerprint density at radius 1 is 1.31 bits per heavy atom. The number of carbonyl (C=O) groups excluding carboxylic acids is 1. The molecule has 0 radical (unpaired) electrons. The summed E-state index contributed by atoms with van der Waals surface area (Å²) in [6.45, 7) is 5.75. The van der Waals surface area contributed by atoms with Gasteiger partial charge in [0.25, 0.3) is 5.91 Å². The van der Waals surface area contributed by atoms with Gasteiger partial charge in [0, 0.05) is 30.5 Å². The molecule has 1 aromatic heterocycles. The van der Waals surface area contributed by atoms with Crippen LogP contribution in [0.1, 0.15) is 48.9 Å². The van der Waals surface area contributed by atoms with Gasteiger partial charge in [-0.15, -0.1) is 0 Å². The van der Waals surface area contributed by atoms with Gasteiger partial charge in [-0.3, -0.25) is 4.79 Å². The maximum absolute atomic E-state index is 13.7. The number of benzene rings is 2. The van der Waals surface area contributed by atoms with Crippen molar-refractivity contribution < 1.29 is 18.3 Å². The van der Waals surface area contributed by atoms with Gasteiger partial charge in [0.2, 0.25) is 0 Å². The highest BCUT2D eigenvalue weighted by atomic mass is 19.1. The summed E-state index contributed by atoms with van der Waals surface area (Å²) in [6.07, 6.45) is 1.86. The standard InChI is InChI=1S/C23H25FN2O3/c1-15(2)22-25-19-12-17(9-10-21(19)29-22)23(27)26-11-5-6-16(13-26)14-28-20-8-4-3-7-18(20)24/h3-4,7-10,12,15-16H,5-6,11,13-14H2,1-2H3/t16-/m1/s1. The van der Waals surface area contributed by atoms with Crippen molar-refractivity contribution in [2.24, 2.45) is 5.92 Å². The predicted octanol–water partition coefficient (Wildman–Crippen LogP) is 5.02. The van der Waals surface area contributed by atoms with E-state index in [2.05, 4.69) is 4.98 Å². The first-order valence-corrected chi connectivity index (χ1v) is 10.1. The summed E-state index contributed by atoms with van der Waals surface area (Å²) in [6, 6.07) is 11.8. The highest BCUT2D eigenvalue weighted by Crippen LogP contribution is 2.25. The van der Waals surface area contributed by atoms with Gasteiger partial charge < -0.3 is 14.1 Å². The van der Waals surface area contributed by atoms with Crippen molar-refractivity contribution in [2.75, 3.05) is 19.7 Å². The van der Waals surface area contributed by atoms with Crippen molar-refractivity contribution in [3.8, 4) is 5.75 Å². The van der Waals surface area contributed by atoms with E-state index in [4.69, 9.17) is 9.15 Å². The van der Waals surface area contributed by atoms with E-state index in [0.717, 1.165) is 12.8 Å². The number of ether oxygens (including phenoxy) is 1. The van der Waals surface area contributed by atoms with Gasteiger partial charge in [-0.05, 0) is 43.2 Å². The van der Waals surface area contributed by atoms with Gasteiger partial charge in [0.15, 0.2) is 23.0 Å². The lowest BCUT2D eigenvalue weighted by atomic mass is 9.98. The zero-order chi connectivity index (χ0) is 20.4. The number of para-hydroxylation sites is 1. The van der Waals surface area contributed by atoms with Gasteiger partial charge >= 0.3 is 0 Å². The molecule has 0 saturated carbocycles. The van der Waals surface area contributed by atoms with Gasteiger partial charge in [-0.2, -0.15) is 0 Å². The molecule has 29 heavy (non-hydrogen) atoms. The number of likely N-dealkylation sites (tertiary alicyclic amines) is 1. The van der Waals surface area contributed by atoms with E-state index in [-0.39, 0.29) is 29.3 Å². The van der Waals surface area contributed by atoms with Crippen LogP contribution in [0.2, 0.25) is 0 Å². The molecule has 1 saturated heterocycles. The number of piperidine rings is 1. The molecule has 1 aliphatic rings. The lowest BCUT2D eigenvalue weighted by Gasteiger charge is -2.32. The van der Waals surface area contributed by atoms with Crippen molar-refractivity contribution in [1.29, 1.82) is 0 Å². The van der Waals surface area contributed by atoms with Gasteiger partial charge in [0.05, 0.1) is 6.61 Å². The van der Waals surface area contributed by atoms with Crippen LogP contribution in [0.3, 0.4) is 0 Å². The monoisotopic (exact) mass is 396 g/mol. The predicted molar refractivity (Wildman–Crippen MR) is 109 cm³/mol. The van der Waals surface area contributed by atoms with Crippen LogP contribution < -0.4 is 4.74 Å². The second-order valence-corrected chi connectivity index (χ2v) is 7.89. The molecule has 2 aromatic carbocycles. The van der Waals surface area contributed by atoms with Crippen LogP contribution in [-0.2, 0) is 0 Å². The van der Waals surface area contributed by atoms with Crippen molar-refractivity contribution in [3.63, 3.8) is 0 Å². The molecule has 3 aromatic rings. The van der Waals surface area contributed by atoms with Gasteiger partial charge in [-0.25, -0.2) is 9.37 Å². The Morgan fingerprint density at radius 3 is 2.93 bits per heavy atom. The molecule has 4 rings (SSSR count). The summed E-state index contributed by atoms with van der Waals surface area (Å²) in [7, 11) is 0. The highest BCUT2D eigenvalue weighted by molar-refractivity contribution is 5.97. The van der Waals surface area contributed by atoms with Gasteiger partial charge in [0.1, 0.15) is 5.52 Å². The minimum Gasteiger partial charge on any atom is -0.490 e. The molecular weight excluding hydrogens is 371 g/mol. The molecular formula is C23H25FN2O3. The second-order valence-electron chi connectivity index (χ2n) is 7.89. The maximum Gasteiger partial charge on any atom is 0.253 e. The fourth-order valence-electron chi connectivity index (χ4n) is 3.66. The van der Waals surface area contributed by atoms with Crippen LogP contribution in [-0.4, -0.2) is 35.5 Å². The Bertz CT molecular complexity index is 1010. The molecule has 0 spiro atoms. The van der Waals surface area contributed by atoms with Crippen LogP contribution in [0.5, 0.6) is 5.75 Å². The largest absolute Gasteiger partial charge is 0.490 e. The zero-order valence-electron chi connectivity index (χ0n) is 16.7. The van der Waals surface area contributed by atoms with Crippen LogP contribution in [0.15, 0.2) is 46.9 Å². The summed E-state index contributed by atoms with van der Waals surface area (Å²) in [5.41, 5.74) is 2.01. The molecule has 1 amide bonds. The van der Waals surface area contributed by atoms with Crippen LogP contribution in [0.4, 0.5) is 4.39 Å². The third kappa shape index (κ3) is 4.26. The Labute approximate surface area is 169 Å². The lowest BCUT2D eigenvalue weighted by Crippen LogP contribution is -2.41. The van der Waals surface area contributed by atoms with Crippen molar-refractivity contribution in [2.45, 2.75) is 32.6 Å². The molecule has 5 nitrogen and oxygen atoms in total. The first kappa shape index (κ1) is 19.4. The average molecular weight is 396 g/mol. The Kier molecular flexibility index (Phi) is 5.51. The number of hydrogen-bond acceptors (Lipinski definition) is 4. The lowest BCUT2D eigenvalue weighted by molar-refractivity contribution is 0.0631. The van der Waals surface area contributed by atoms with Crippen molar-refractivity contribution >= 4 is 17.0 Å². The smallest absolute Gasteiger partial charge is 0.253 e. The fourth-order valence-corrected chi connectivity index (χ4v) is 3.66. The third-order valence-corrected chi connectivity index (χ3v) is 5.26. The number of aromatic nitrogens is 1. The van der Waals surface area contributed by atoms with E-state index in [1.54, 1.807) is 30.3 Å². The normalized spacial score (nSPS) is 17.1. The highest BCUT2D eigenvalue weighted by Gasteiger charge is 2.25. The fraction of sp³-hybridized carbons (Fsp3) is 0.391. The number of nitrogens with zero attached hydrogens (tertiary/aromatic N) is 2. The molecule has 1 aliphatic heterocycles. The van der Waals surface area contributed by atoms with Crippen molar-refractivity contribution in [3.05, 3.63) is 59.7 Å². The molecule has 1 atom stereocenters. The summed E-state index contributed by atoms with van der Waals surface area (Å²) >= 11 is 0. The molecule has 0 unspecified atom stereocenters. The van der Waals surface area contributed by atoms with E-state index < -0.39 is 0 Å². The average Bonchev–Trinajstić information content (AvgIpc) is 3.17. The number of fused-ring (bicyclic) bond motifs is 1. The Balaban J connectivity index is 1.43. The molecule has 6 heteroatoms. The number of rotatable bonds is 5. The number of halogens is 1. The number of hydrogen-bond donors (Lipinski definition) is 0.